The van der Waals surface area contributed by atoms with Gasteiger partial charge in [0.1, 0.15) is 11.3 Å². The van der Waals surface area contributed by atoms with Crippen LogP contribution in [-0.4, -0.2) is 29.9 Å². The molecule has 0 aromatic heterocycles. The Bertz CT molecular complexity index is 880. The van der Waals surface area contributed by atoms with Crippen LogP contribution in [0.25, 0.3) is 0 Å². The van der Waals surface area contributed by atoms with Gasteiger partial charge in [-0.2, -0.15) is 0 Å². The van der Waals surface area contributed by atoms with Crippen molar-refractivity contribution in [1.82, 2.24) is 0 Å². The van der Waals surface area contributed by atoms with Gasteiger partial charge in [-0.05, 0) is 31.2 Å². The molecule has 1 atom stereocenters. The molecule has 0 aliphatic carbocycles. The summed E-state index contributed by atoms with van der Waals surface area (Å²) in [5, 5.41) is 13.7. The van der Waals surface area contributed by atoms with Gasteiger partial charge in [0.05, 0.1) is 10.6 Å². The highest BCUT2D eigenvalue weighted by molar-refractivity contribution is 6.08. The van der Waals surface area contributed by atoms with Crippen LogP contribution in [-0.2, 0) is 4.79 Å². The molecule has 1 aliphatic rings. The Balaban J connectivity index is 1.89. The molecule has 2 aromatic carbocycles. The van der Waals surface area contributed by atoms with Gasteiger partial charge in [0.15, 0.2) is 6.10 Å². The first kappa shape index (κ1) is 16.4. The van der Waals surface area contributed by atoms with Gasteiger partial charge in [-0.1, -0.05) is 12.1 Å². The Morgan fingerprint density at radius 2 is 2.00 bits per heavy atom. The summed E-state index contributed by atoms with van der Waals surface area (Å²) < 4.78 is 5.52. The lowest BCUT2D eigenvalue weighted by Crippen LogP contribution is -2.41. The third kappa shape index (κ3) is 3.01. The largest absolute Gasteiger partial charge is 0.479 e. The average Bonchev–Trinajstić information content (AvgIpc) is 2.60. The number of fused-ring (bicyclic) bond motifs is 1. The van der Waals surface area contributed by atoms with E-state index < -0.39 is 16.9 Å². The highest BCUT2D eigenvalue weighted by Gasteiger charge is 2.29. The van der Waals surface area contributed by atoms with Gasteiger partial charge >= 0.3 is 0 Å². The number of carbonyl (C=O) groups is 2. The molecule has 8 heteroatoms. The number of rotatable bonds is 3. The van der Waals surface area contributed by atoms with Crippen LogP contribution < -0.4 is 15.0 Å². The maximum Gasteiger partial charge on any atom is 0.282 e. The topological polar surface area (TPSA) is 102 Å². The quantitative estimate of drug-likeness (QED) is 0.683. The Hall–Kier alpha value is -3.42. The van der Waals surface area contributed by atoms with E-state index in [-0.39, 0.29) is 17.2 Å². The summed E-state index contributed by atoms with van der Waals surface area (Å²) in [6, 6.07) is 10.5. The number of para-hydroxylation sites is 1. The molecule has 0 saturated heterocycles. The van der Waals surface area contributed by atoms with E-state index in [2.05, 4.69) is 5.32 Å². The van der Waals surface area contributed by atoms with E-state index >= 15 is 0 Å². The fourth-order valence-corrected chi connectivity index (χ4v) is 2.61. The van der Waals surface area contributed by atoms with Crippen molar-refractivity contribution in [2.45, 2.75) is 13.0 Å². The first-order valence-corrected chi connectivity index (χ1v) is 7.51. The van der Waals surface area contributed by atoms with Crippen LogP contribution in [0.5, 0.6) is 5.75 Å². The van der Waals surface area contributed by atoms with Gasteiger partial charge in [-0.3, -0.25) is 19.7 Å². The fourth-order valence-electron chi connectivity index (χ4n) is 2.61. The van der Waals surface area contributed by atoms with Crippen molar-refractivity contribution in [2.75, 3.05) is 17.3 Å². The number of likely N-dealkylation sites (N-methyl/N-ethyl adjacent to an activating group) is 1. The van der Waals surface area contributed by atoms with E-state index in [1.807, 2.05) is 0 Å². The highest BCUT2D eigenvalue weighted by Crippen LogP contribution is 2.35. The molecule has 0 spiro atoms. The summed E-state index contributed by atoms with van der Waals surface area (Å²) in [4.78, 5) is 36.3. The van der Waals surface area contributed by atoms with Gasteiger partial charge in [0.2, 0.25) is 0 Å². The Morgan fingerprint density at radius 3 is 2.72 bits per heavy atom. The molecule has 2 aromatic rings. The number of ether oxygens (including phenoxy) is 1. The SMILES string of the molecule is C[C@H]1Oc2ccc(NC(=O)c3ccccc3[N+](=O)[O-])cc2N(C)C1=O. The van der Waals surface area contributed by atoms with Crippen LogP contribution in [0.1, 0.15) is 17.3 Å². The zero-order chi connectivity index (χ0) is 18.1. The number of carbonyl (C=O) groups excluding carboxylic acids is 2. The fraction of sp³-hybridized carbons (Fsp3) is 0.176. The molecule has 1 aliphatic heterocycles. The second-order valence-electron chi connectivity index (χ2n) is 5.57. The van der Waals surface area contributed by atoms with E-state index in [9.17, 15) is 19.7 Å². The van der Waals surface area contributed by atoms with E-state index in [0.29, 0.717) is 17.1 Å². The molecule has 0 fully saturated rings. The number of nitro groups is 1. The van der Waals surface area contributed by atoms with Gasteiger partial charge in [0.25, 0.3) is 17.5 Å². The number of hydrogen-bond donors (Lipinski definition) is 1. The summed E-state index contributed by atoms with van der Waals surface area (Å²) in [6.45, 7) is 1.66. The molecule has 3 rings (SSSR count). The Morgan fingerprint density at radius 1 is 1.28 bits per heavy atom. The zero-order valence-electron chi connectivity index (χ0n) is 13.6. The van der Waals surface area contributed by atoms with Crippen molar-refractivity contribution >= 4 is 28.9 Å². The van der Waals surface area contributed by atoms with Crippen LogP contribution >= 0.6 is 0 Å². The van der Waals surface area contributed by atoms with Crippen molar-refractivity contribution < 1.29 is 19.2 Å². The van der Waals surface area contributed by atoms with Crippen LogP contribution in [0.15, 0.2) is 42.5 Å². The number of nitrogens with zero attached hydrogens (tertiary/aromatic N) is 2. The minimum atomic E-state index is -0.608. The lowest BCUT2D eigenvalue weighted by atomic mass is 10.1. The number of amides is 2. The first-order valence-electron chi connectivity index (χ1n) is 7.51. The maximum absolute atomic E-state index is 12.4. The molecule has 25 heavy (non-hydrogen) atoms. The summed E-state index contributed by atoms with van der Waals surface area (Å²) in [5.41, 5.74) is 0.602. The van der Waals surface area contributed by atoms with Crippen molar-refractivity contribution in [3.63, 3.8) is 0 Å². The lowest BCUT2D eigenvalue weighted by Gasteiger charge is -2.30. The van der Waals surface area contributed by atoms with Crippen molar-refractivity contribution in [3.05, 3.63) is 58.1 Å². The molecule has 0 unspecified atom stereocenters. The van der Waals surface area contributed by atoms with Gasteiger partial charge < -0.3 is 15.0 Å². The predicted octanol–water partition coefficient (Wildman–Crippen LogP) is 2.59. The van der Waals surface area contributed by atoms with Crippen LogP contribution in [0.2, 0.25) is 0 Å². The van der Waals surface area contributed by atoms with Crippen LogP contribution in [0, 0.1) is 10.1 Å². The van der Waals surface area contributed by atoms with E-state index in [1.165, 1.54) is 23.1 Å². The molecule has 0 radical (unpaired) electrons. The predicted molar refractivity (Wildman–Crippen MR) is 91.0 cm³/mol. The molecule has 128 valence electrons. The average molecular weight is 341 g/mol. The number of anilines is 2. The van der Waals surface area contributed by atoms with Crippen LogP contribution in [0.3, 0.4) is 0 Å². The first-order chi connectivity index (χ1) is 11.9. The second kappa shape index (κ2) is 6.23. The van der Waals surface area contributed by atoms with Gasteiger partial charge in [-0.15, -0.1) is 0 Å². The Kier molecular flexibility index (Phi) is 4.10. The third-order valence-electron chi connectivity index (χ3n) is 3.91. The minimum Gasteiger partial charge on any atom is -0.479 e. The monoisotopic (exact) mass is 341 g/mol. The van der Waals surface area contributed by atoms with Gasteiger partial charge in [0, 0.05) is 18.8 Å². The number of nitro benzene ring substituents is 1. The highest BCUT2D eigenvalue weighted by atomic mass is 16.6. The summed E-state index contributed by atoms with van der Waals surface area (Å²) >= 11 is 0. The normalized spacial score (nSPS) is 16.0. The van der Waals surface area contributed by atoms with Crippen molar-refractivity contribution in [3.8, 4) is 5.75 Å². The van der Waals surface area contributed by atoms with E-state index in [0.717, 1.165) is 0 Å². The molecule has 0 saturated carbocycles. The minimum absolute atomic E-state index is 0.0421. The van der Waals surface area contributed by atoms with Crippen molar-refractivity contribution in [1.29, 1.82) is 0 Å². The number of nitrogens with one attached hydrogen (secondary N) is 1. The second-order valence-corrected chi connectivity index (χ2v) is 5.57. The summed E-state index contributed by atoms with van der Waals surface area (Å²) in [5.74, 6) is -0.278. The standard InChI is InChI=1S/C17H15N3O5/c1-10-17(22)19(2)14-9-11(7-8-15(14)25-10)18-16(21)12-5-3-4-6-13(12)20(23)24/h3-10H,1-2H3,(H,18,21)/t10-/m1/s1. The van der Waals surface area contributed by atoms with E-state index in [4.69, 9.17) is 4.74 Å². The molecule has 0 bridgehead atoms. The van der Waals surface area contributed by atoms with Gasteiger partial charge in [-0.25, -0.2) is 0 Å². The molecular weight excluding hydrogens is 326 g/mol. The van der Waals surface area contributed by atoms with E-state index in [1.54, 1.807) is 38.2 Å². The molecule has 1 N–H and O–H groups in total. The number of benzene rings is 2. The third-order valence-corrected chi connectivity index (χ3v) is 3.91. The number of hydrogen-bond acceptors (Lipinski definition) is 5. The summed E-state index contributed by atoms with van der Waals surface area (Å²) in [6.07, 6.45) is -0.579. The maximum atomic E-state index is 12.4. The molecular formula is C17H15N3O5. The molecule has 1 heterocycles. The molecule has 2 amide bonds. The molecule has 8 nitrogen and oxygen atoms in total. The smallest absolute Gasteiger partial charge is 0.282 e. The Labute approximate surface area is 143 Å². The van der Waals surface area contributed by atoms with Crippen LogP contribution in [0.4, 0.5) is 17.1 Å². The van der Waals surface area contributed by atoms with Crippen molar-refractivity contribution in [2.24, 2.45) is 0 Å². The lowest BCUT2D eigenvalue weighted by molar-refractivity contribution is -0.385. The zero-order valence-corrected chi connectivity index (χ0v) is 13.6. The summed E-state index contributed by atoms with van der Waals surface area (Å²) in [7, 11) is 1.62.